The molecule has 1 aromatic rings. The van der Waals surface area contributed by atoms with Gasteiger partial charge in [0.2, 0.25) is 0 Å². The molecule has 0 radical (unpaired) electrons. The van der Waals surface area contributed by atoms with Crippen molar-refractivity contribution in [3.8, 4) is 0 Å². The number of benzene rings is 1. The van der Waals surface area contributed by atoms with Crippen molar-refractivity contribution >= 4 is 6.09 Å². The molecular weight excluding hydrogens is 292 g/mol. The molecule has 5 heteroatoms. The highest BCUT2D eigenvalue weighted by Crippen LogP contribution is 2.34. The van der Waals surface area contributed by atoms with E-state index in [1.807, 2.05) is 39.0 Å². The molecule has 1 fully saturated rings. The topological polar surface area (TPSA) is 53.0 Å². The normalized spacial score (nSPS) is 25.3. The van der Waals surface area contributed by atoms with Gasteiger partial charge in [0.15, 0.2) is 0 Å². The maximum absolute atomic E-state index is 12.1. The van der Waals surface area contributed by atoms with E-state index in [1.165, 1.54) is 5.56 Å². The van der Waals surface area contributed by atoms with E-state index < -0.39 is 11.7 Å². The number of carbonyl (C=O) groups is 1. The lowest BCUT2D eigenvalue weighted by Crippen LogP contribution is -2.53. The van der Waals surface area contributed by atoms with E-state index in [9.17, 15) is 9.90 Å². The van der Waals surface area contributed by atoms with Crippen LogP contribution in [0.4, 0.5) is 4.79 Å². The lowest BCUT2D eigenvalue weighted by atomic mass is 10.1. The van der Waals surface area contributed by atoms with Gasteiger partial charge in [-0.3, -0.25) is 4.90 Å². The molecule has 1 aromatic carbocycles. The summed E-state index contributed by atoms with van der Waals surface area (Å²) in [4.78, 5) is 16.2. The van der Waals surface area contributed by atoms with Crippen LogP contribution >= 0.6 is 0 Å². The van der Waals surface area contributed by atoms with E-state index in [0.717, 1.165) is 25.1 Å². The van der Waals surface area contributed by atoms with Gasteiger partial charge in [0.25, 0.3) is 0 Å². The van der Waals surface area contributed by atoms with Gasteiger partial charge in [-0.25, -0.2) is 4.79 Å². The van der Waals surface area contributed by atoms with Crippen LogP contribution in [0.2, 0.25) is 0 Å². The number of piperazine rings is 1. The summed E-state index contributed by atoms with van der Waals surface area (Å²) in [5, 5.41) is 10.6. The number of fused-ring (bicyclic) bond motifs is 1. The van der Waals surface area contributed by atoms with Gasteiger partial charge < -0.3 is 14.7 Å². The second-order valence-electron chi connectivity index (χ2n) is 7.42. The van der Waals surface area contributed by atoms with Gasteiger partial charge in [0.1, 0.15) is 5.60 Å². The lowest BCUT2D eigenvalue weighted by molar-refractivity contribution is -0.00174. The largest absolute Gasteiger partial charge is 0.444 e. The Balaban J connectivity index is 1.57. The SMILES string of the molecule is CC(C)(C)OC(=O)N1CCN(C2Cc3ccccc3C2O)CC1. The van der Waals surface area contributed by atoms with Crippen molar-refractivity contribution < 1.29 is 14.6 Å². The van der Waals surface area contributed by atoms with Gasteiger partial charge in [-0.15, -0.1) is 0 Å². The summed E-state index contributed by atoms with van der Waals surface area (Å²) in [5.41, 5.74) is 1.82. The van der Waals surface area contributed by atoms with E-state index in [1.54, 1.807) is 4.90 Å². The maximum atomic E-state index is 12.1. The lowest BCUT2D eigenvalue weighted by Gasteiger charge is -2.39. The molecule has 1 N–H and O–H groups in total. The number of ether oxygens (including phenoxy) is 1. The first-order valence-electron chi connectivity index (χ1n) is 8.33. The average Bonchev–Trinajstić information content (AvgIpc) is 2.83. The van der Waals surface area contributed by atoms with Crippen molar-refractivity contribution in [1.82, 2.24) is 9.80 Å². The number of nitrogens with zero attached hydrogens (tertiary/aromatic N) is 2. The molecule has 2 aliphatic rings. The van der Waals surface area contributed by atoms with Crippen LogP contribution < -0.4 is 0 Å². The van der Waals surface area contributed by atoms with Crippen LogP contribution in [-0.2, 0) is 11.2 Å². The van der Waals surface area contributed by atoms with E-state index in [2.05, 4.69) is 11.0 Å². The van der Waals surface area contributed by atoms with Gasteiger partial charge in [-0.05, 0) is 38.3 Å². The minimum atomic E-state index is -0.461. The van der Waals surface area contributed by atoms with Gasteiger partial charge in [-0.2, -0.15) is 0 Å². The summed E-state index contributed by atoms with van der Waals surface area (Å²) in [5.74, 6) is 0. The molecule has 126 valence electrons. The fourth-order valence-electron chi connectivity index (χ4n) is 3.44. The quantitative estimate of drug-likeness (QED) is 0.862. The summed E-state index contributed by atoms with van der Waals surface area (Å²) in [6.07, 6.45) is 0.204. The molecule has 1 aliphatic carbocycles. The Morgan fingerprint density at radius 2 is 1.83 bits per heavy atom. The second-order valence-corrected chi connectivity index (χ2v) is 7.42. The third-order valence-electron chi connectivity index (χ3n) is 4.60. The van der Waals surface area contributed by atoms with Crippen LogP contribution in [-0.4, -0.2) is 58.8 Å². The van der Waals surface area contributed by atoms with Gasteiger partial charge in [-0.1, -0.05) is 24.3 Å². The van der Waals surface area contributed by atoms with E-state index in [-0.39, 0.29) is 12.1 Å². The Morgan fingerprint density at radius 1 is 1.17 bits per heavy atom. The first-order chi connectivity index (χ1) is 10.8. The fraction of sp³-hybridized carbons (Fsp3) is 0.611. The summed E-state index contributed by atoms with van der Waals surface area (Å²) in [6.45, 7) is 8.49. The number of hydrogen-bond acceptors (Lipinski definition) is 4. The van der Waals surface area contributed by atoms with Crippen LogP contribution in [0, 0.1) is 0 Å². The Morgan fingerprint density at radius 3 is 2.43 bits per heavy atom. The van der Waals surface area contributed by atoms with E-state index in [0.29, 0.717) is 13.1 Å². The third-order valence-corrected chi connectivity index (χ3v) is 4.60. The first kappa shape index (κ1) is 16.3. The molecule has 1 amide bonds. The fourth-order valence-corrected chi connectivity index (χ4v) is 3.44. The number of aliphatic hydroxyl groups excluding tert-OH is 1. The van der Waals surface area contributed by atoms with Crippen LogP contribution in [0.15, 0.2) is 24.3 Å². The van der Waals surface area contributed by atoms with Crippen molar-refractivity contribution in [2.24, 2.45) is 0 Å². The molecule has 0 bridgehead atoms. The summed E-state index contributed by atoms with van der Waals surface area (Å²) in [6, 6.07) is 8.22. The zero-order valence-corrected chi connectivity index (χ0v) is 14.2. The molecule has 0 saturated carbocycles. The highest BCUT2D eigenvalue weighted by molar-refractivity contribution is 5.68. The predicted octanol–water partition coefficient (Wildman–Crippen LogP) is 2.20. The molecule has 1 aliphatic heterocycles. The number of aliphatic hydroxyl groups is 1. The molecule has 0 spiro atoms. The average molecular weight is 318 g/mol. The zero-order valence-electron chi connectivity index (χ0n) is 14.2. The molecule has 3 rings (SSSR count). The predicted molar refractivity (Wildman–Crippen MR) is 88.3 cm³/mol. The van der Waals surface area contributed by atoms with Crippen molar-refractivity contribution in [2.75, 3.05) is 26.2 Å². The number of hydrogen-bond donors (Lipinski definition) is 1. The summed E-state index contributed by atoms with van der Waals surface area (Å²) >= 11 is 0. The van der Waals surface area contributed by atoms with Crippen LogP contribution in [0.5, 0.6) is 0 Å². The van der Waals surface area contributed by atoms with Gasteiger partial charge in [0.05, 0.1) is 6.10 Å². The van der Waals surface area contributed by atoms with E-state index in [4.69, 9.17) is 4.74 Å². The molecule has 0 aromatic heterocycles. The molecule has 1 heterocycles. The molecular formula is C18H26N2O3. The standard InChI is InChI=1S/C18H26N2O3/c1-18(2,3)23-17(22)20-10-8-19(9-11-20)15-12-13-6-4-5-7-14(13)16(15)21/h4-7,15-16,21H,8-12H2,1-3H3. The van der Waals surface area contributed by atoms with Gasteiger partial charge in [0, 0.05) is 32.2 Å². The number of rotatable bonds is 1. The molecule has 2 atom stereocenters. The smallest absolute Gasteiger partial charge is 0.410 e. The number of amides is 1. The van der Waals surface area contributed by atoms with Crippen molar-refractivity contribution in [3.63, 3.8) is 0 Å². The van der Waals surface area contributed by atoms with Crippen LogP contribution in [0.1, 0.15) is 38.0 Å². The molecule has 23 heavy (non-hydrogen) atoms. The third kappa shape index (κ3) is 3.51. The second kappa shape index (κ2) is 6.13. The highest BCUT2D eigenvalue weighted by atomic mass is 16.6. The van der Waals surface area contributed by atoms with Crippen LogP contribution in [0.25, 0.3) is 0 Å². The van der Waals surface area contributed by atoms with Crippen molar-refractivity contribution in [1.29, 1.82) is 0 Å². The van der Waals surface area contributed by atoms with Gasteiger partial charge >= 0.3 is 6.09 Å². The van der Waals surface area contributed by atoms with Crippen molar-refractivity contribution in [2.45, 2.75) is 44.9 Å². The van der Waals surface area contributed by atoms with Crippen molar-refractivity contribution in [3.05, 3.63) is 35.4 Å². The summed E-state index contributed by atoms with van der Waals surface area (Å²) in [7, 11) is 0. The molecule has 2 unspecified atom stereocenters. The van der Waals surface area contributed by atoms with Crippen LogP contribution in [0.3, 0.4) is 0 Å². The summed E-state index contributed by atoms with van der Waals surface area (Å²) < 4.78 is 5.43. The Labute approximate surface area is 137 Å². The Kier molecular flexibility index (Phi) is 4.34. The first-order valence-corrected chi connectivity index (χ1v) is 8.33. The maximum Gasteiger partial charge on any atom is 0.410 e. The Bertz CT molecular complexity index is 574. The molecule has 1 saturated heterocycles. The Hall–Kier alpha value is -1.59. The minimum Gasteiger partial charge on any atom is -0.444 e. The number of carbonyl (C=O) groups excluding carboxylic acids is 1. The van der Waals surface area contributed by atoms with E-state index >= 15 is 0 Å². The zero-order chi connectivity index (χ0) is 16.6. The highest BCUT2D eigenvalue weighted by Gasteiger charge is 2.37. The monoisotopic (exact) mass is 318 g/mol. The minimum absolute atomic E-state index is 0.119. The molecule has 5 nitrogen and oxygen atoms in total.